The summed E-state index contributed by atoms with van der Waals surface area (Å²) in [5.41, 5.74) is 4.89. The maximum absolute atomic E-state index is 12.6. The first-order chi connectivity index (χ1) is 15.1. The van der Waals surface area contributed by atoms with E-state index in [4.69, 9.17) is 13.9 Å². The van der Waals surface area contributed by atoms with Crippen molar-refractivity contribution in [2.24, 2.45) is 0 Å². The van der Waals surface area contributed by atoms with Gasteiger partial charge in [0.15, 0.2) is 0 Å². The van der Waals surface area contributed by atoms with E-state index in [0.29, 0.717) is 13.2 Å². The number of aryl methyl sites for hydroxylation is 2. The number of para-hydroxylation sites is 1. The minimum absolute atomic E-state index is 0.153. The molecule has 0 saturated carbocycles. The summed E-state index contributed by atoms with van der Waals surface area (Å²) < 4.78 is 17.4. The van der Waals surface area contributed by atoms with Gasteiger partial charge < -0.3 is 19.2 Å². The molecule has 0 radical (unpaired) electrons. The third-order valence-corrected chi connectivity index (χ3v) is 5.78. The summed E-state index contributed by atoms with van der Waals surface area (Å²) in [5.74, 6) is 2.45. The van der Waals surface area contributed by atoms with E-state index in [1.54, 1.807) is 13.2 Å². The number of furan rings is 1. The summed E-state index contributed by atoms with van der Waals surface area (Å²) in [6.45, 7) is 4.85. The van der Waals surface area contributed by atoms with Crippen LogP contribution in [0, 0.1) is 0 Å². The molecule has 1 aromatic heterocycles. The molecule has 3 aromatic rings. The largest absolute Gasteiger partial charge is 0.496 e. The summed E-state index contributed by atoms with van der Waals surface area (Å²) in [7, 11) is 1.63. The van der Waals surface area contributed by atoms with Crippen LogP contribution in [0.3, 0.4) is 0 Å². The first kappa shape index (κ1) is 21.0. The molecule has 31 heavy (non-hydrogen) atoms. The van der Waals surface area contributed by atoms with Crippen molar-refractivity contribution in [2.75, 3.05) is 13.7 Å². The van der Waals surface area contributed by atoms with E-state index >= 15 is 0 Å². The highest BCUT2D eigenvalue weighted by atomic mass is 16.5. The van der Waals surface area contributed by atoms with Crippen LogP contribution in [-0.2, 0) is 24.2 Å². The third-order valence-electron chi connectivity index (χ3n) is 5.78. The van der Waals surface area contributed by atoms with Crippen LogP contribution in [0.1, 0.15) is 49.1 Å². The second-order valence-corrected chi connectivity index (χ2v) is 7.85. The van der Waals surface area contributed by atoms with E-state index < -0.39 is 0 Å². The maximum Gasteiger partial charge on any atom is 0.244 e. The molecule has 0 spiro atoms. The molecule has 1 amide bonds. The minimum atomic E-state index is -0.153. The Kier molecular flexibility index (Phi) is 6.31. The average molecular weight is 420 g/mol. The second kappa shape index (κ2) is 9.29. The van der Waals surface area contributed by atoms with Gasteiger partial charge in [0.25, 0.3) is 0 Å². The van der Waals surface area contributed by atoms with E-state index in [-0.39, 0.29) is 5.91 Å². The standard InChI is InChI=1S/C26H29NO4/c1-4-30-24-15-25-21(19-10-6-8-12-23(19)31-25)14-20(24)17(2)13-26(28)27-16-18-9-5-7-11-22(18)29-3/h5,7,9,11,13-15H,4,6,8,10,12,16H2,1-3H3,(H,27,28)/b17-13+. The zero-order valence-corrected chi connectivity index (χ0v) is 18.4. The number of rotatable bonds is 7. The molecule has 2 aromatic carbocycles. The Labute approximate surface area is 183 Å². The summed E-state index contributed by atoms with van der Waals surface area (Å²) >= 11 is 0. The van der Waals surface area contributed by atoms with Gasteiger partial charge in [-0.3, -0.25) is 4.79 Å². The number of carbonyl (C=O) groups excluding carboxylic acids is 1. The van der Waals surface area contributed by atoms with E-state index in [1.807, 2.05) is 44.2 Å². The number of methoxy groups -OCH3 is 1. The Bertz CT molecular complexity index is 1130. The van der Waals surface area contributed by atoms with Crippen molar-refractivity contribution in [1.82, 2.24) is 5.32 Å². The monoisotopic (exact) mass is 419 g/mol. The van der Waals surface area contributed by atoms with Crippen molar-refractivity contribution in [3.8, 4) is 11.5 Å². The molecule has 1 heterocycles. The number of ether oxygens (including phenoxy) is 2. The van der Waals surface area contributed by atoms with Gasteiger partial charge >= 0.3 is 0 Å². The molecule has 1 N–H and O–H groups in total. The van der Waals surface area contributed by atoms with Crippen LogP contribution in [0.5, 0.6) is 11.5 Å². The van der Waals surface area contributed by atoms with Crippen molar-refractivity contribution in [2.45, 2.75) is 46.1 Å². The number of allylic oxidation sites excluding steroid dienone is 1. The molecule has 0 fully saturated rings. The molecule has 0 saturated heterocycles. The van der Waals surface area contributed by atoms with Gasteiger partial charge in [-0.1, -0.05) is 18.2 Å². The van der Waals surface area contributed by atoms with Crippen LogP contribution < -0.4 is 14.8 Å². The molecule has 5 nitrogen and oxygen atoms in total. The Morgan fingerprint density at radius 1 is 1.16 bits per heavy atom. The summed E-state index contributed by atoms with van der Waals surface area (Å²) in [5, 5.41) is 4.09. The van der Waals surface area contributed by atoms with Crippen molar-refractivity contribution >= 4 is 22.4 Å². The van der Waals surface area contributed by atoms with Gasteiger partial charge in [0.05, 0.1) is 13.7 Å². The number of fused-ring (bicyclic) bond motifs is 3. The Hall–Kier alpha value is -3.21. The lowest BCUT2D eigenvalue weighted by Crippen LogP contribution is -2.21. The highest BCUT2D eigenvalue weighted by Gasteiger charge is 2.20. The van der Waals surface area contributed by atoms with Crippen molar-refractivity contribution < 1.29 is 18.7 Å². The predicted octanol–water partition coefficient (Wildman–Crippen LogP) is 5.44. The van der Waals surface area contributed by atoms with E-state index in [1.165, 1.54) is 18.4 Å². The van der Waals surface area contributed by atoms with Gasteiger partial charge in [0.2, 0.25) is 5.91 Å². The molecular weight excluding hydrogens is 390 g/mol. The molecule has 0 unspecified atom stereocenters. The van der Waals surface area contributed by atoms with Crippen LogP contribution in [-0.4, -0.2) is 19.6 Å². The normalized spacial score (nSPS) is 13.7. The zero-order valence-electron chi connectivity index (χ0n) is 18.4. The number of hydrogen-bond acceptors (Lipinski definition) is 4. The number of carbonyl (C=O) groups is 1. The Morgan fingerprint density at radius 3 is 2.77 bits per heavy atom. The van der Waals surface area contributed by atoms with Gasteiger partial charge in [-0.25, -0.2) is 0 Å². The van der Waals surface area contributed by atoms with Crippen LogP contribution >= 0.6 is 0 Å². The average Bonchev–Trinajstić information content (AvgIpc) is 3.15. The smallest absolute Gasteiger partial charge is 0.244 e. The first-order valence-electron chi connectivity index (χ1n) is 10.9. The number of amides is 1. The predicted molar refractivity (Wildman–Crippen MR) is 123 cm³/mol. The van der Waals surface area contributed by atoms with Crippen molar-refractivity contribution in [1.29, 1.82) is 0 Å². The molecule has 0 bridgehead atoms. The molecule has 5 heteroatoms. The summed E-state index contributed by atoms with van der Waals surface area (Å²) in [6.07, 6.45) is 6.01. The number of nitrogens with one attached hydrogen (secondary N) is 1. The highest BCUT2D eigenvalue weighted by molar-refractivity contribution is 5.97. The van der Waals surface area contributed by atoms with Crippen molar-refractivity contribution in [3.05, 3.63) is 64.9 Å². The fraction of sp³-hybridized carbons (Fsp3) is 0.346. The lowest BCUT2D eigenvalue weighted by Gasteiger charge is -2.12. The molecular formula is C26H29NO4. The first-order valence-corrected chi connectivity index (χ1v) is 10.9. The molecule has 0 aliphatic heterocycles. The van der Waals surface area contributed by atoms with Gasteiger partial charge in [-0.15, -0.1) is 0 Å². The van der Waals surface area contributed by atoms with Gasteiger partial charge in [-0.05, 0) is 50.8 Å². The SMILES string of the molecule is CCOc1cc2oc3c(c2cc1/C(C)=C/C(=O)NCc1ccccc1OC)CCCC3. The highest BCUT2D eigenvalue weighted by Crippen LogP contribution is 2.38. The fourth-order valence-electron chi connectivity index (χ4n) is 4.23. The van der Waals surface area contributed by atoms with E-state index in [9.17, 15) is 4.79 Å². The van der Waals surface area contributed by atoms with Crippen molar-refractivity contribution in [3.63, 3.8) is 0 Å². The molecule has 0 atom stereocenters. The molecule has 1 aliphatic carbocycles. The van der Waals surface area contributed by atoms with E-state index in [0.717, 1.165) is 57.8 Å². The maximum atomic E-state index is 12.6. The summed E-state index contributed by atoms with van der Waals surface area (Å²) in [4.78, 5) is 12.6. The van der Waals surface area contributed by atoms with Crippen LogP contribution in [0.4, 0.5) is 0 Å². The number of hydrogen-bond donors (Lipinski definition) is 1. The van der Waals surface area contributed by atoms with Gasteiger partial charge in [-0.2, -0.15) is 0 Å². The topological polar surface area (TPSA) is 60.7 Å². The van der Waals surface area contributed by atoms with E-state index in [2.05, 4.69) is 11.4 Å². The second-order valence-electron chi connectivity index (χ2n) is 7.85. The van der Waals surface area contributed by atoms with Crippen LogP contribution in [0.25, 0.3) is 16.5 Å². The summed E-state index contributed by atoms with van der Waals surface area (Å²) in [6, 6.07) is 11.8. The quantitative estimate of drug-likeness (QED) is 0.518. The van der Waals surface area contributed by atoms with Gasteiger partial charge in [0, 0.05) is 47.2 Å². The minimum Gasteiger partial charge on any atom is -0.496 e. The Balaban J connectivity index is 1.60. The molecule has 4 rings (SSSR count). The molecule has 1 aliphatic rings. The fourth-order valence-corrected chi connectivity index (χ4v) is 4.23. The Morgan fingerprint density at radius 2 is 1.97 bits per heavy atom. The zero-order chi connectivity index (χ0) is 21.8. The molecule has 162 valence electrons. The lowest BCUT2D eigenvalue weighted by molar-refractivity contribution is -0.116. The third kappa shape index (κ3) is 4.46. The van der Waals surface area contributed by atoms with Gasteiger partial charge in [0.1, 0.15) is 22.8 Å². The number of benzene rings is 2. The lowest BCUT2D eigenvalue weighted by atomic mass is 9.94. The van der Waals surface area contributed by atoms with Crippen LogP contribution in [0.2, 0.25) is 0 Å². The van der Waals surface area contributed by atoms with Crippen LogP contribution in [0.15, 0.2) is 46.9 Å².